The second-order valence-corrected chi connectivity index (χ2v) is 9.28. The van der Waals surface area contributed by atoms with E-state index in [0.29, 0.717) is 33.0 Å². The lowest BCUT2D eigenvalue weighted by Crippen LogP contribution is -2.15. The first kappa shape index (κ1) is 20.4. The van der Waals surface area contributed by atoms with Gasteiger partial charge in [0.2, 0.25) is 5.88 Å². The van der Waals surface area contributed by atoms with Gasteiger partial charge >= 0.3 is 0 Å². The number of hydrogen-bond donors (Lipinski definition) is 0. The molecule has 6 aromatic rings. The highest BCUT2D eigenvalue weighted by Gasteiger charge is 2.34. The predicted octanol–water partition coefficient (Wildman–Crippen LogP) is 7.54. The molecule has 0 spiro atoms. The molecule has 5 nitrogen and oxygen atoms in total. The van der Waals surface area contributed by atoms with Gasteiger partial charge in [-0.15, -0.1) is 5.10 Å². The molecule has 1 atom stereocenters. The predicted molar refractivity (Wildman–Crippen MR) is 138 cm³/mol. The third kappa shape index (κ3) is 3.20. The number of halogens is 2. The number of hydrogen-bond acceptors (Lipinski definition) is 4. The summed E-state index contributed by atoms with van der Waals surface area (Å²) < 4.78 is 8.05. The molecule has 4 aromatic carbocycles. The van der Waals surface area contributed by atoms with Crippen LogP contribution in [0.15, 0.2) is 91.3 Å². The van der Waals surface area contributed by atoms with Gasteiger partial charge in [0.05, 0.1) is 10.6 Å². The van der Waals surface area contributed by atoms with Crippen LogP contribution in [0.25, 0.3) is 27.8 Å². The van der Waals surface area contributed by atoms with Crippen LogP contribution in [0, 0.1) is 0 Å². The van der Waals surface area contributed by atoms with Crippen molar-refractivity contribution in [3.05, 3.63) is 118 Å². The molecule has 0 radical (unpaired) electrons. The summed E-state index contributed by atoms with van der Waals surface area (Å²) in [5.74, 6) is 1.67. The maximum absolute atomic E-state index is 6.48. The highest BCUT2D eigenvalue weighted by atomic mass is 35.5. The molecule has 0 N–H and O–H groups in total. The minimum absolute atomic E-state index is 0.144. The molecule has 168 valence electrons. The second kappa shape index (κ2) is 7.80. The molecule has 1 aliphatic heterocycles. The Labute approximate surface area is 210 Å². The van der Waals surface area contributed by atoms with Crippen molar-refractivity contribution in [2.24, 2.45) is 0 Å². The Hall–Kier alpha value is -3.93. The van der Waals surface area contributed by atoms with Gasteiger partial charge in [0, 0.05) is 22.1 Å². The van der Waals surface area contributed by atoms with E-state index in [1.807, 2.05) is 36.4 Å². The van der Waals surface area contributed by atoms with E-state index in [-0.39, 0.29) is 5.92 Å². The Morgan fingerprint density at radius 3 is 2.51 bits per heavy atom. The normalized spacial score (nSPS) is 14.5. The molecule has 0 saturated heterocycles. The van der Waals surface area contributed by atoms with Gasteiger partial charge in [-0.05, 0) is 40.6 Å². The van der Waals surface area contributed by atoms with Crippen molar-refractivity contribution in [1.82, 2.24) is 19.6 Å². The Kier molecular flexibility index (Phi) is 4.56. The minimum Gasteiger partial charge on any atom is -0.438 e. The van der Waals surface area contributed by atoms with E-state index in [4.69, 9.17) is 32.9 Å². The topological polar surface area (TPSA) is 52.3 Å². The van der Waals surface area contributed by atoms with Crippen molar-refractivity contribution in [1.29, 1.82) is 0 Å². The molecule has 0 aliphatic carbocycles. The van der Waals surface area contributed by atoms with Crippen molar-refractivity contribution >= 4 is 39.6 Å². The summed E-state index contributed by atoms with van der Waals surface area (Å²) in [6.07, 6.45) is 1.63. The Morgan fingerprint density at radius 1 is 0.829 bits per heavy atom. The second-order valence-electron chi connectivity index (χ2n) is 8.44. The number of ether oxygens (including phenoxy) is 1. The molecule has 3 heterocycles. The lowest BCUT2D eigenvalue weighted by Gasteiger charge is -2.29. The summed E-state index contributed by atoms with van der Waals surface area (Å²) in [4.78, 5) is 9.55. The van der Waals surface area contributed by atoms with E-state index in [0.717, 1.165) is 33.2 Å². The zero-order valence-electron chi connectivity index (χ0n) is 18.2. The van der Waals surface area contributed by atoms with Gasteiger partial charge in [0.15, 0.2) is 11.5 Å². The van der Waals surface area contributed by atoms with E-state index in [9.17, 15) is 0 Å². The number of aromatic nitrogens is 4. The van der Waals surface area contributed by atoms with Crippen LogP contribution in [0.4, 0.5) is 0 Å². The smallest absolute Gasteiger partial charge is 0.228 e. The molecule has 0 amide bonds. The highest BCUT2D eigenvalue weighted by Crippen LogP contribution is 2.50. The van der Waals surface area contributed by atoms with Crippen LogP contribution in [0.2, 0.25) is 10.0 Å². The van der Waals surface area contributed by atoms with Gasteiger partial charge in [-0.25, -0.2) is 14.5 Å². The quantitative estimate of drug-likeness (QED) is 0.249. The van der Waals surface area contributed by atoms with Gasteiger partial charge in [0.1, 0.15) is 12.1 Å². The lowest BCUT2D eigenvalue weighted by atomic mass is 9.81. The first-order chi connectivity index (χ1) is 17.2. The first-order valence-electron chi connectivity index (χ1n) is 11.1. The molecule has 35 heavy (non-hydrogen) atoms. The zero-order chi connectivity index (χ0) is 23.5. The maximum atomic E-state index is 6.48. The van der Waals surface area contributed by atoms with Crippen molar-refractivity contribution in [3.63, 3.8) is 0 Å². The molecular weight excluding hydrogens is 479 g/mol. The lowest BCUT2D eigenvalue weighted by molar-refractivity contribution is 0.433. The van der Waals surface area contributed by atoms with E-state index in [1.54, 1.807) is 23.0 Å². The molecular formula is C28H16Cl2N4O. The van der Waals surface area contributed by atoms with E-state index >= 15 is 0 Å². The average Bonchev–Trinajstić information content (AvgIpc) is 3.32. The SMILES string of the molecule is Clc1ccc(-c2nc3c4c(ncn3n2)Oc2ccc3ccccc3c2[C@@H]4c2ccccc2)c(Cl)c1. The van der Waals surface area contributed by atoms with Gasteiger partial charge in [-0.1, -0.05) is 83.9 Å². The Morgan fingerprint density at radius 2 is 1.66 bits per heavy atom. The van der Waals surface area contributed by atoms with E-state index in [2.05, 4.69) is 46.5 Å². The number of fused-ring (bicyclic) bond motifs is 6. The standard InChI is InChI=1S/C28H16Cl2N4O/c29-18-11-12-20(21(30)14-18)26-32-27-25-23(17-7-2-1-3-8-17)24-19-9-5-4-6-16(19)10-13-22(24)35-28(25)31-15-34(27)33-26/h1-15,23H/t23-/m0/s1. The fourth-order valence-corrected chi connectivity index (χ4v) is 5.36. The van der Waals surface area contributed by atoms with Crippen LogP contribution in [-0.4, -0.2) is 19.6 Å². The number of nitrogens with zero attached hydrogens (tertiary/aromatic N) is 4. The largest absolute Gasteiger partial charge is 0.438 e. The highest BCUT2D eigenvalue weighted by molar-refractivity contribution is 6.36. The summed E-state index contributed by atoms with van der Waals surface area (Å²) in [5, 5.41) is 8.01. The van der Waals surface area contributed by atoms with Gasteiger partial charge < -0.3 is 4.74 Å². The Bertz CT molecular complexity index is 1760. The Balaban J connectivity index is 1.53. The number of benzene rings is 4. The van der Waals surface area contributed by atoms with Crippen LogP contribution in [0.5, 0.6) is 11.6 Å². The minimum atomic E-state index is -0.144. The fraction of sp³-hybridized carbons (Fsp3) is 0.0357. The zero-order valence-corrected chi connectivity index (χ0v) is 19.7. The third-order valence-corrected chi connectivity index (χ3v) is 6.95. The molecule has 2 aromatic heterocycles. The van der Waals surface area contributed by atoms with Crippen molar-refractivity contribution in [2.45, 2.75) is 5.92 Å². The summed E-state index contributed by atoms with van der Waals surface area (Å²) in [7, 11) is 0. The first-order valence-corrected chi connectivity index (χ1v) is 11.9. The van der Waals surface area contributed by atoms with Crippen LogP contribution in [0.1, 0.15) is 22.6 Å². The molecule has 0 bridgehead atoms. The van der Waals surface area contributed by atoms with E-state index < -0.39 is 0 Å². The maximum Gasteiger partial charge on any atom is 0.228 e. The van der Waals surface area contributed by atoms with Crippen LogP contribution < -0.4 is 4.74 Å². The molecule has 0 fully saturated rings. The molecule has 7 rings (SSSR count). The summed E-state index contributed by atoms with van der Waals surface area (Å²) in [6, 6.07) is 28.1. The van der Waals surface area contributed by atoms with Crippen molar-refractivity contribution in [2.75, 3.05) is 0 Å². The molecule has 0 saturated carbocycles. The van der Waals surface area contributed by atoms with Crippen LogP contribution >= 0.6 is 23.2 Å². The molecule has 1 aliphatic rings. The molecule has 7 heteroatoms. The third-order valence-electron chi connectivity index (χ3n) is 6.41. The monoisotopic (exact) mass is 494 g/mol. The average molecular weight is 495 g/mol. The summed E-state index contributed by atoms with van der Waals surface area (Å²) >= 11 is 12.6. The van der Waals surface area contributed by atoms with Crippen LogP contribution in [-0.2, 0) is 0 Å². The van der Waals surface area contributed by atoms with Crippen molar-refractivity contribution < 1.29 is 4.74 Å². The number of rotatable bonds is 2. The van der Waals surface area contributed by atoms with Gasteiger partial charge in [0.25, 0.3) is 0 Å². The van der Waals surface area contributed by atoms with Gasteiger partial charge in [-0.2, -0.15) is 0 Å². The summed E-state index contributed by atoms with van der Waals surface area (Å²) in [6.45, 7) is 0. The van der Waals surface area contributed by atoms with Crippen LogP contribution in [0.3, 0.4) is 0 Å². The van der Waals surface area contributed by atoms with Crippen molar-refractivity contribution in [3.8, 4) is 23.0 Å². The molecule has 0 unspecified atom stereocenters. The summed E-state index contributed by atoms with van der Waals surface area (Å²) in [5.41, 5.74) is 4.45. The van der Waals surface area contributed by atoms with Gasteiger partial charge in [-0.3, -0.25) is 0 Å². The van der Waals surface area contributed by atoms with E-state index in [1.165, 1.54) is 0 Å². The fourth-order valence-electron chi connectivity index (χ4n) is 4.87.